The average molecular weight is 322 g/mol. The molecule has 0 fully saturated rings. The van der Waals surface area contributed by atoms with Gasteiger partial charge in [-0.25, -0.2) is 0 Å². The molecule has 0 aliphatic carbocycles. The normalized spacial score (nSPS) is 12.8. The van der Waals surface area contributed by atoms with Gasteiger partial charge in [-0.1, -0.05) is 18.2 Å². The van der Waals surface area contributed by atoms with E-state index < -0.39 is 5.91 Å². The Morgan fingerprint density at radius 3 is 2.67 bits per heavy atom. The van der Waals surface area contributed by atoms with Gasteiger partial charge in [-0.05, 0) is 24.3 Å². The van der Waals surface area contributed by atoms with Crippen molar-refractivity contribution in [2.24, 2.45) is 0 Å². The average Bonchev–Trinajstić information content (AvgIpc) is 2.61. The number of nitrogens with one attached hydrogen (secondary N) is 2. The van der Waals surface area contributed by atoms with Crippen LogP contribution in [0.25, 0.3) is 11.0 Å². The van der Waals surface area contributed by atoms with Gasteiger partial charge in [-0.3, -0.25) is 10.2 Å². The van der Waals surface area contributed by atoms with Crippen LogP contribution in [-0.2, 0) is 0 Å². The van der Waals surface area contributed by atoms with Gasteiger partial charge in [0.2, 0.25) is 5.55 Å². The van der Waals surface area contributed by atoms with E-state index in [1.165, 1.54) is 0 Å². The van der Waals surface area contributed by atoms with Crippen molar-refractivity contribution in [1.29, 1.82) is 5.41 Å². The molecule has 120 valence electrons. The lowest BCUT2D eigenvalue weighted by molar-refractivity contribution is 0.102. The highest BCUT2D eigenvalue weighted by Crippen LogP contribution is 2.32. The Bertz CT molecular complexity index is 994. The molecule has 2 aromatic carbocycles. The summed E-state index contributed by atoms with van der Waals surface area (Å²) in [6, 6.07) is 14.1. The van der Waals surface area contributed by atoms with E-state index in [0.717, 1.165) is 5.39 Å². The lowest BCUT2D eigenvalue weighted by Crippen LogP contribution is -2.21. The Balaban J connectivity index is 1.64. The van der Waals surface area contributed by atoms with Gasteiger partial charge < -0.3 is 19.2 Å². The topological polar surface area (TPSA) is 84.6 Å². The van der Waals surface area contributed by atoms with E-state index in [-0.39, 0.29) is 11.1 Å². The second-order valence-electron chi connectivity index (χ2n) is 5.34. The number of benzene rings is 2. The van der Waals surface area contributed by atoms with Crippen molar-refractivity contribution in [2.75, 3.05) is 18.5 Å². The first-order valence-electron chi connectivity index (χ1n) is 7.49. The van der Waals surface area contributed by atoms with Crippen molar-refractivity contribution in [3.63, 3.8) is 0 Å². The smallest absolute Gasteiger partial charge is 0.261 e. The molecule has 0 bridgehead atoms. The van der Waals surface area contributed by atoms with Gasteiger partial charge in [0.1, 0.15) is 24.4 Å². The standard InChI is InChI=1S/C18H14N2O4/c19-17-13(9-11-3-1-2-4-14(11)24-17)18(21)20-12-5-6-15-16(10-12)23-8-7-22-15/h1-6,9-10,19H,7-8H2,(H,20,21). The summed E-state index contributed by atoms with van der Waals surface area (Å²) in [6.45, 7) is 0.990. The Kier molecular flexibility index (Phi) is 3.42. The fraction of sp³-hybridized carbons (Fsp3) is 0.111. The predicted molar refractivity (Wildman–Crippen MR) is 87.5 cm³/mol. The van der Waals surface area contributed by atoms with Crippen LogP contribution in [0.4, 0.5) is 5.69 Å². The summed E-state index contributed by atoms with van der Waals surface area (Å²) in [5, 5.41) is 11.5. The molecule has 0 saturated heterocycles. The largest absolute Gasteiger partial charge is 0.486 e. The minimum atomic E-state index is -0.411. The summed E-state index contributed by atoms with van der Waals surface area (Å²) in [5.74, 6) is 0.834. The van der Waals surface area contributed by atoms with Crippen molar-refractivity contribution in [2.45, 2.75) is 0 Å². The molecular formula is C18H14N2O4. The highest BCUT2D eigenvalue weighted by molar-refractivity contribution is 6.05. The fourth-order valence-electron chi connectivity index (χ4n) is 2.57. The summed E-state index contributed by atoms with van der Waals surface area (Å²) in [7, 11) is 0. The van der Waals surface area contributed by atoms with Crippen LogP contribution in [0.5, 0.6) is 11.5 Å². The van der Waals surface area contributed by atoms with Crippen LogP contribution in [0, 0.1) is 5.41 Å². The van der Waals surface area contributed by atoms with Crippen LogP contribution in [0.15, 0.2) is 52.9 Å². The number of carbonyl (C=O) groups is 1. The third-order valence-corrected chi connectivity index (χ3v) is 3.72. The molecule has 1 aliphatic heterocycles. The quantitative estimate of drug-likeness (QED) is 0.760. The zero-order chi connectivity index (χ0) is 16.5. The van der Waals surface area contributed by atoms with Gasteiger partial charge in [0, 0.05) is 17.1 Å². The van der Waals surface area contributed by atoms with Crippen molar-refractivity contribution in [3.8, 4) is 11.5 Å². The zero-order valence-corrected chi connectivity index (χ0v) is 12.7. The first-order chi connectivity index (χ1) is 11.7. The van der Waals surface area contributed by atoms with Crippen molar-refractivity contribution >= 4 is 22.6 Å². The highest BCUT2D eigenvalue weighted by Gasteiger charge is 2.15. The van der Waals surface area contributed by atoms with E-state index in [1.54, 1.807) is 30.3 Å². The molecule has 1 amide bonds. The lowest BCUT2D eigenvalue weighted by atomic mass is 10.1. The van der Waals surface area contributed by atoms with E-state index in [4.69, 9.17) is 19.3 Å². The highest BCUT2D eigenvalue weighted by atomic mass is 16.6. The number of para-hydroxylation sites is 1. The first kappa shape index (κ1) is 14.3. The maximum Gasteiger partial charge on any atom is 0.261 e. The first-order valence-corrected chi connectivity index (χ1v) is 7.49. The number of hydrogen-bond donors (Lipinski definition) is 2. The van der Waals surface area contributed by atoms with Gasteiger partial charge >= 0.3 is 0 Å². The summed E-state index contributed by atoms with van der Waals surface area (Å²) in [5.41, 5.74) is 1.13. The molecule has 3 aromatic rings. The third kappa shape index (κ3) is 2.58. The van der Waals surface area contributed by atoms with Crippen molar-refractivity contribution in [3.05, 3.63) is 59.6 Å². The second kappa shape index (κ2) is 5.73. The van der Waals surface area contributed by atoms with Gasteiger partial charge in [-0.2, -0.15) is 0 Å². The number of anilines is 1. The minimum absolute atomic E-state index is 0.170. The molecule has 0 saturated carbocycles. The summed E-state index contributed by atoms with van der Waals surface area (Å²) < 4.78 is 16.4. The minimum Gasteiger partial charge on any atom is -0.486 e. The maximum atomic E-state index is 12.5. The van der Waals surface area contributed by atoms with E-state index in [2.05, 4.69) is 5.32 Å². The van der Waals surface area contributed by atoms with E-state index in [9.17, 15) is 4.79 Å². The van der Waals surface area contributed by atoms with Crippen LogP contribution in [0.3, 0.4) is 0 Å². The van der Waals surface area contributed by atoms with Gasteiger partial charge in [-0.15, -0.1) is 0 Å². The Labute approximate surface area is 137 Å². The van der Waals surface area contributed by atoms with Crippen LogP contribution in [0.2, 0.25) is 0 Å². The van der Waals surface area contributed by atoms with Gasteiger partial charge in [0.15, 0.2) is 11.5 Å². The molecular weight excluding hydrogens is 308 g/mol. The number of hydrogen-bond acceptors (Lipinski definition) is 5. The number of fused-ring (bicyclic) bond motifs is 2. The summed E-state index contributed by atoms with van der Waals surface area (Å²) >= 11 is 0. The molecule has 0 atom stereocenters. The molecule has 2 heterocycles. The monoisotopic (exact) mass is 322 g/mol. The molecule has 4 rings (SSSR count). The van der Waals surface area contributed by atoms with Crippen molar-refractivity contribution in [1.82, 2.24) is 0 Å². The van der Waals surface area contributed by atoms with E-state index >= 15 is 0 Å². The van der Waals surface area contributed by atoms with Gasteiger partial charge in [0.25, 0.3) is 5.91 Å². The number of amides is 1. The van der Waals surface area contributed by atoms with E-state index in [0.29, 0.717) is 36.0 Å². The maximum absolute atomic E-state index is 12.5. The third-order valence-electron chi connectivity index (χ3n) is 3.72. The molecule has 2 N–H and O–H groups in total. The Morgan fingerprint density at radius 1 is 1.00 bits per heavy atom. The Hall–Kier alpha value is -3.28. The SMILES string of the molecule is N=c1oc2ccccc2cc1C(=O)Nc1ccc2c(c1)OCCO2. The molecule has 6 heteroatoms. The Morgan fingerprint density at radius 2 is 1.79 bits per heavy atom. The number of carbonyl (C=O) groups excluding carboxylic acids is 1. The molecule has 24 heavy (non-hydrogen) atoms. The molecule has 0 spiro atoms. The molecule has 1 aromatic heterocycles. The van der Waals surface area contributed by atoms with Crippen LogP contribution < -0.4 is 20.3 Å². The summed E-state index contributed by atoms with van der Waals surface area (Å²) in [4.78, 5) is 12.5. The van der Waals surface area contributed by atoms with Crippen molar-refractivity contribution < 1.29 is 18.7 Å². The summed E-state index contributed by atoms with van der Waals surface area (Å²) in [6.07, 6.45) is 0. The van der Waals surface area contributed by atoms with Gasteiger partial charge in [0.05, 0.1) is 0 Å². The van der Waals surface area contributed by atoms with Crippen LogP contribution in [-0.4, -0.2) is 19.1 Å². The zero-order valence-electron chi connectivity index (χ0n) is 12.7. The predicted octanol–water partition coefficient (Wildman–Crippen LogP) is 2.94. The molecule has 0 radical (unpaired) electrons. The van der Waals surface area contributed by atoms with Crippen LogP contribution in [0.1, 0.15) is 10.4 Å². The number of ether oxygens (including phenoxy) is 2. The fourth-order valence-corrected chi connectivity index (χ4v) is 2.57. The molecule has 0 unspecified atom stereocenters. The molecule has 1 aliphatic rings. The van der Waals surface area contributed by atoms with Crippen LogP contribution >= 0.6 is 0 Å². The number of rotatable bonds is 2. The lowest BCUT2D eigenvalue weighted by Gasteiger charge is -2.19. The molecule has 6 nitrogen and oxygen atoms in total. The van der Waals surface area contributed by atoms with E-state index in [1.807, 2.05) is 18.2 Å². The second-order valence-corrected chi connectivity index (χ2v) is 5.34.